The van der Waals surface area contributed by atoms with Crippen LogP contribution in [0.4, 0.5) is 0 Å². The average molecular weight is 299 g/mol. The summed E-state index contributed by atoms with van der Waals surface area (Å²) in [5.74, 6) is 0.495. The summed E-state index contributed by atoms with van der Waals surface area (Å²) < 4.78 is 32.4. The van der Waals surface area contributed by atoms with E-state index in [1.54, 1.807) is 12.1 Å². The lowest BCUT2D eigenvalue weighted by Crippen LogP contribution is -2.42. The normalized spacial score (nSPS) is 24.1. The molecule has 112 valence electrons. The number of hydrogen-bond donors (Lipinski definition) is 2. The fourth-order valence-corrected chi connectivity index (χ4v) is 3.80. The van der Waals surface area contributed by atoms with Gasteiger partial charge in [-0.15, -0.1) is 0 Å². The summed E-state index contributed by atoms with van der Waals surface area (Å²) in [6, 6.07) is 5.92. The predicted octanol–water partition coefficient (Wildman–Crippen LogP) is 1.67. The van der Waals surface area contributed by atoms with E-state index in [4.69, 9.17) is 4.74 Å². The molecule has 1 aliphatic rings. The molecule has 1 saturated carbocycles. The number of benzene rings is 1. The van der Waals surface area contributed by atoms with E-state index >= 15 is 0 Å². The fourth-order valence-electron chi connectivity index (χ4n) is 2.46. The van der Waals surface area contributed by atoms with Crippen LogP contribution in [0.3, 0.4) is 0 Å². The second-order valence-corrected chi connectivity index (χ2v) is 6.83. The quantitative estimate of drug-likeness (QED) is 0.829. The summed E-state index contributed by atoms with van der Waals surface area (Å²) in [7, 11) is -2.14. The minimum absolute atomic E-state index is 0.160. The number of methoxy groups -OCH3 is 1. The monoisotopic (exact) mass is 299 g/mol. The minimum Gasteiger partial charge on any atom is -0.497 e. The largest absolute Gasteiger partial charge is 0.497 e. The van der Waals surface area contributed by atoms with Gasteiger partial charge >= 0.3 is 0 Å². The summed E-state index contributed by atoms with van der Waals surface area (Å²) in [5, 5.41) is 10.0. The molecule has 2 atom stereocenters. The third-order valence-corrected chi connectivity index (χ3v) is 5.13. The van der Waals surface area contributed by atoms with Crippen molar-refractivity contribution < 1.29 is 18.3 Å². The summed E-state index contributed by atoms with van der Waals surface area (Å²) in [5.41, 5.74) is 0. The molecule has 0 heterocycles. The SMILES string of the molecule is COc1cccc(S(=O)(=O)NC2CCCCCC2O)c1. The number of sulfonamides is 1. The number of rotatable bonds is 4. The Morgan fingerprint density at radius 2 is 2.00 bits per heavy atom. The predicted molar refractivity (Wildman–Crippen MR) is 76.2 cm³/mol. The summed E-state index contributed by atoms with van der Waals surface area (Å²) in [4.78, 5) is 0.160. The highest BCUT2D eigenvalue weighted by Gasteiger charge is 2.27. The summed E-state index contributed by atoms with van der Waals surface area (Å²) >= 11 is 0. The van der Waals surface area contributed by atoms with E-state index in [2.05, 4.69) is 4.72 Å². The van der Waals surface area contributed by atoms with Gasteiger partial charge in [-0.2, -0.15) is 0 Å². The van der Waals surface area contributed by atoms with Crippen molar-refractivity contribution in [3.05, 3.63) is 24.3 Å². The van der Waals surface area contributed by atoms with Crippen molar-refractivity contribution in [2.24, 2.45) is 0 Å². The van der Waals surface area contributed by atoms with E-state index in [0.717, 1.165) is 19.3 Å². The van der Waals surface area contributed by atoms with Crippen LogP contribution < -0.4 is 9.46 Å². The van der Waals surface area contributed by atoms with Crippen LogP contribution in [0, 0.1) is 0 Å². The van der Waals surface area contributed by atoms with Gasteiger partial charge in [-0.25, -0.2) is 13.1 Å². The van der Waals surface area contributed by atoms with Gasteiger partial charge in [-0.3, -0.25) is 0 Å². The molecule has 5 nitrogen and oxygen atoms in total. The third kappa shape index (κ3) is 3.71. The topological polar surface area (TPSA) is 75.6 Å². The van der Waals surface area contributed by atoms with Gasteiger partial charge in [0, 0.05) is 12.1 Å². The Balaban J connectivity index is 2.17. The average Bonchev–Trinajstić information content (AvgIpc) is 2.64. The molecule has 6 heteroatoms. The van der Waals surface area contributed by atoms with Crippen molar-refractivity contribution in [3.8, 4) is 5.75 Å². The zero-order chi connectivity index (χ0) is 14.6. The van der Waals surface area contributed by atoms with Crippen molar-refractivity contribution in [1.29, 1.82) is 0 Å². The molecule has 1 aromatic rings. The van der Waals surface area contributed by atoms with Crippen LogP contribution in [0.1, 0.15) is 32.1 Å². The zero-order valence-corrected chi connectivity index (χ0v) is 12.4. The molecule has 0 bridgehead atoms. The maximum absolute atomic E-state index is 12.3. The van der Waals surface area contributed by atoms with Gasteiger partial charge in [-0.1, -0.05) is 25.3 Å². The van der Waals surface area contributed by atoms with Crippen LogP contribution in [0.15, 0.2) is 29.2 Å². The van der Waals surface area contributed by atoms with Crippen LogP contribution in [0.2, 0.25) is 0 Å². The van der Waals surface area contributed by atoms with Gasteiger partial charge in [0.05, 0.1) is 18.1 Å². The van der Waals surface area contributed by atoms with E-state index < -0.39 is 22.2 Å². The summed E-state index contributed by atoms with van der Waals surface area (Å²) in [6.45, 7) is 0. The molecule has 1 fully saturated rings. The molecule has 0 aromatic heterocycles. The second kappa shape index (κ2) is 6.56. The Morgan fingerprint density at radius 3 is 2.75 bits per heavy atom. The van der Waals surface area contributed by atoms with Crippen molar-refractivity contribution in [1.82, 2.24) is 4.72 Å². The van der Waals surface area contributed by atoms with Gasteiger partial charge in [0.15, 0.2) is 0 Å². The van der Waals surface area contributed by atoms with Crippen molar-refractivity contribution >= 4 is 10.0 Å². The number of aliphatic hydroxyl groups excluding tert-OH is 1. The minimum atomic E-state index is -3.63. The Hall–Kier alpha value is -1.11. The lowest BCUT2D eigenvalue weighted by molar-refractivity contribution is 0.130. The Kier molecular flexibility index (Phi) is 5.01. The molecular formula is C14H21NO4S. The van der Waals surface area contributed by atoms with E-state index in [0.29, 0.717) is 18.6 Å². The smallest absolute Gasteiger partial charge is 0.241 e. The molecule has 1 aromatic carbocycles. The second-order valence-electron chi connectivity index (χ2n) is 5.11. The van der Waals surface area contributed by atoms with Crippen molar-refractivity contribution in [2.45, 2.75) is 49.1 Å². The molecule has 0 amide bonds. The Labute approximate surface area is 120 Å². The highest BCUT2D eigenvalue weighted by molar-refractivity contribution is 7.89. The van der Waals surface area contributed by atoms with Crippen molar-refractivity contribution in [2.75, 3.05) is 7.11 Å². The highest BCUT2D eigenvalue weighted by Crippen LogP contribution is 2.22. The highest BCUT2D eigenvalue weighted by atomic mass is 32.2. The molecule has 2 N–H and O–H groups in total. The van der Waals surface area contributed by atoms with Gasteiger partial charge in [0.2, 0.25) is 10.0 Å². The number of hydrogen-bond acceptors (Lipinski definition) is 4. The Bertz CT molecular complexity index is 544. The van der Waals surface area contributed by atoms with Gasteiger partial charge in [0.25, 0.3) is 0 Å². The first-order valence-corrected chi connectivity index (χ1v) is 8.36. The molecule has 0 spiro atoms. The number of aliphatic hydroxyl groups is 1. The van der Waals surface area contributed by atoms with Crippen LogP contribution in [-0.2, 0) is 10.0 Å². The maximum atomic E-state index is 12.3. The third-order valence-electron chi connectivity index (χ3n) is 3.64. The van der Waals surface area contributed by atoms with E-state index in [1.807, 2.05) is 0 Å². The van der Waals surface area contributed by atoms with E-state index in [-0.39, 0.29) is 4.90 Å². The molecule has 1 aliphatic carbocycles. The number of ether oxygens (including phenoxy) is 1. The van der Waals surface area contributed by atoms with Gasteiger partial charge in [-0.05, 0) is 25.0 Å². The Morgan fingerprint density at radius 1 is 1.25 bits per heavy atom. The molecule has 20 heavy (non-hydrogen) atoms. The fraction of sp³-hybridized carbons (Fsp3) is 0.571. The molecule has 2 unspecified atom stereocenters. The van der Waals surface area contributed by atoms with Gasteiger partial charge in [0.1, 0.15) is 5.75 Å². The van der Waals surface area contributed by atoms with Crippen LogP contribution in [-0.4, -0.2) is 32.8 Å². The maximum Gasteiger partial charge on any atom is 0.241 e. The molecular weight excluding hydrogens is 278 g/mol. The van der Waals surface area contributed by atoms with Gasteiger partial charge < -0.3 is 9.84 Å². The lowest BCUT2D eigenvalue weighted by Gasteiger charge is -2.21. The first kappa shape index (κ1) is 15.3. The molecule has 0 aliphatic heterocycles. The molecule has 0 saturated heterocycles. The summed E-state index contributed by atoms with van der Waals surface area (Å²) in [6.07, 6.45) is 3.61. The van der Waals surface area contributed by atoms with Crippen LogP contribution >= 0.6 is 0 Å². The first-order chi connectivity index (χ1) is 9.53. The first-order valence-electron chi connectivity index (χ1n) is 6.87. The van der Waals surface area contributed by atoms with Crippen LogP contribution in [0.25, 0.3) is 0 Å². The molecule has 2 rings (SSSR count). The standard InChI is InChI=1S/C14H21NO4S/c1-19-11-6-5-7-12(10-11)20(17,18)15-13-8-3-2-4-9-14(13)16/h5-7,10,13-16H,2-4,8-9H2,1H3. The molecule has 0 radical (unpaired) electrons. The van der Waals surface area contributed by atoms with Crippen molar-refractivity contribution in [3.63, 3.8) is 0 Å². The lowest BCUT2D eigenvalue weighted by atomic mass is 10.1. The van der Waals surface area contributed by atoms with E-state index in [9.17, 15) is 13.5 Å². The zero-order valence-electron chi connectivity index (χ0n) is 11.6. The van der Waals surface area contributed by atoms with Crippen LogP contribution in [0.5, 0.6) is 5.75 Å². The van der Waals surface area contributed by atoms with E-state index in [1.165, 1.54) is 19.2 Å². The number of nitrogens with one attached hydrogen (secondary N) is 1.